The number of aromatic nitrogens is 4. The van der Waals surface area contributed by atoms with E-state index in [0.29, 0.717) is 11.2 Å². The number of anilines is 4. The lowest BCUT2D eigenvalue weighted by atomic mass is 10.2. The third kappa shape index (κ3) is 5.99. The van der Waals surface area contributed by atoms with E-state index in [1.807, 2.05) is 6.07 Å². The number of rotatable bonds is 7. The van der Waals surface area contributed by atoms with E-state index in [9.17, 15) is 27.8 Å². The molecule has 1 unspecified atom stereocenters. The number of urea groups is 1. The number of carbonyl (C=O) groups excluding carboxylic acids is 1. The number of halogens is 1. The third-order valence-electron chi connectivity index (χ3n) is 6.38. The number of nitrogen functional groups attached to an aromatic ring is 1. The van der Waals surface area contributed by atoms with Crippen LogP contribution in [0.2, 0.25) is 5.02 Å². The summed E-state index contributed by atoms with van der Waals surface area (Å²) < 4.78 is 34.2. The van der Waals surface area contributed by atoms with Gasteiger partial charge in [-0.2, -0.15) is 13.7 Å². The smallest absolute Gasteiger partial charge is 0.323 e. The van der Waals surface area contributed by atoms with E-state index in [0.717, 1.165) is 6.07 Å². The summed E-state index contributed by atoms with van der Waals surface area (Å²) in [6.07, 6.45) is 1.19. The molecule has 0 aliphatic carbocycles. The summed E-state index contributed by atoms with van der Waals surface area (Å²) in [6.45, 7) is 1.70. The van der Waals surface area contributed by atoms with Crippen molar-refractivity contribution in [1.29, 1.82) is 5.26 Å². The molecule has 0 fully saturated rings. The first-order chi connectivity index (χ1) is 21.0. The second-order valence-electron chi connectivity index (χ2n) is 9.31. The van der Waals surface area contributed by atoms with Crippen LogP contribution in [0.4, 0.5) is 27.8 Å². The molecule has 14 nitrogen and oxygen atoms in total. The van der Waals surface area contributed by atoms with Crippen LogP contribution in [0.25, 0.3) is 16.6 Å². The summed E-state index contributed by atoms with van der Waals surface area (Å²) in [5.41, 5.74) is 6.07. The number of carbonyl (C=O) groups is 1. The fourth-order valence-corrected chi connectivity index (χ4v) is 5.34. The standard InChI is InChI=1S/C28H22ClN9O5S/c1-15(34-25-18(13-30)24(31)32-14-33-25)26-36-21-10-5-8-19(29)23(21)27(39)38(26)17-7-4-6-16(12-17)35-28(40)37-20-9-2-3-11-22(20)44(41,42)43/h2-12,14-15H,1H3,(H2,35,37,40)(H,41,42,43)(H3,31,32,33,34). The molecule has 0 saturated carbocycles. The van der Waals surface area contributed by atoms with Gasteiger partial charge in [0.05, 0.1) is 33.3 Å². The number of para-hydroxylation sites is 1. The largest absolute Gasteiger partial charge is 0.382 e. The molecule has 3 aromatic carbocycles. The number of nitrogens with two attached hydrogens (primary N) is 1. The van der Waals surface area contributed by atoms with E-state index in [-0.39, 0.29) is 44.8 Å². The van der Waals surface area contributed by atoms with Crippen molar-refractivity contribution in [3.63, 3.8) is 0 Å². The predicted octanol–water partition coefficient (Wildman–Crippen LogP) is 4.35. The molecule has 6 N–H and O–H groups in total. The summed E-state index contributed by atoms with van der Waals surface area (Å²) in [5, 5.41) is 18.0. The quantitative estimate of drug-likeness (QED) is 0.159. The second kappa shape index (κ2) is 12.0. The van der Waals surface area contributed by atoms with Gasteiger partial charge in [0.25, 0.3) is 15.7 Å². The van der Waals surface area contributed by atoms with Crippen molar-refractivity contribution in [3.8, 4) is 11.8 Å². The van der Waals surface area contributed by atoms with Crippen LogP contribution in [-0.2, 0) is 10.1 Å². The molecule has 16 heteroatoms. The fourth-order valence-electron chi connectivity index (χ4n) is 4.44. The minimum atomic E-state index is -4.60. The van der Waals surface area contributed by atoms with Crippen molar-refractivity contribution in [2.75, 3.05) is 21.7 Å². The molecule has 2 aromatic heterocycles. The minimum absolute atomic E-state index is 0.0184. The van der Waals surface area contributed by atoms with Crippen LogP contribution < -0.4 is 27.2 Å². The Morgan fingerprint density at radius 1 is 1.09 bits per heavy atom. The Morgan fingerprint density at radius 3 is 2.59 bits per heavy atom. The van der Waals surface area contributed by atoms with Gasteiger partial charge in [-0.05, 0) is 49.4 Å². The van der Waals surface area contributed by atoms with Crippen LogP contribution in [0.5, 0.6) is 0 Å². The predicted molar refractivity (Wildman–Crippen MR) is 164 cm³/mol. The molecule has 0 bridgehead atoms. The normalized spacial score (nSPS) is 11.9. The van der Waals surface area contributed by atoms with E-state index >= 15 is 0 Å². The molecule has 5 rings (SSSR count). The number of nitrogens with one attached hydrogen (secondary N) is 3. The second-order valence-corrected chi connectivity index (χ2v) is 11.1. The van der Waals surface area contributed by atoms with Crippen LogP contribution in [0.15, 0.2) is 82.7 Å². The number of nitriles is 1. The van der Waals surface area contributed by atoms with E-state index in [2.05, 4.69) is 25.9 Å². The number of benzene rings is 3. The van der Waals surface area contributed by atoms with Gasteiger partial charge in [-0.25, -0.2) is 19.7 Å². The van der Waals surface area contributed by atoms with Gasteiger partial charge < -0.3 is 21.7 Å². The van der Waals surface area contributed by atoms with Crippen LogP contribution in [-0.4, -0.2) is 38.5 Å². The first-order valence-electron chi connectivity index (χ1n) is 12.7. The molecule has 5 aromatic rings. The Kier molecular flexibility index (Phi) is 8.14. The van der Waals surface area contributed by atoms with Gasteiger partial charge in [0.15, 0.2) is 0 Å². The molecule has 2 heterocycles. The molecular weight excluding hydrogens is 610 g/mol. The number of hydrogen-bond acceptors (Lipinski definition) is 10. The summed E-state index contributed by atoms with van der Waals surface area (Å²) in [7, 11) is -4.60. The van der Waals surface area contributed by atoms with Crippen molar-refractivity contribution in [3.05, 3.63) is 99.8 Å². The van der Waals surface area contributed by atoms with Crippen molar-refractivity contribution >= 4 is 61.7 Å². The highest BCUT2D eigenvalue weighted by molar-refractivity contribution is 7.86. The Balaban J connectivity index is 1.55. The average Bonchev–Trinajstić information content (AvgIpc) is 2.97. The SMILES string of the molecule is CC(Nc1ncnc(N)c1C#N)c1nc2cccc(Cl)c2c(=O)n1-c1cccc(NC(=O)Nc2ccccc2S(=O)(=O)O)c1. The molecule has 2 amide bonds. The number of hydrogen-bond donors (Lipinski definition) is 5. The van der Waals surface area contributed by atoms with Gasteiger partial charge in [0.2, 0.25) is 0 Å². The topological polar surface area (TPSA) is 218 Å². The Hall–Kier alpha value is -5.56. The van der Waals surface area contributed by atoms with Crippen molar-refractivity contribution in [1.82, 2.24) is 19.5 Å². The lowest BCUT2D eigenvalue weighted by Gasteiger charge is -2.21. The van der Waals surface area contributed by atoms with Gasteiger partial charge in [0.1, 0.15) is 40.3 Å². The van der Waals surface area contributed by atoms with Crippen LogP contribution in [0.1, 0.15) is 24.4 Å². The van der Waals surface area contributed by atoms with E-state index in [1.165, 1.54) is 35.2 Å². The zero-order valence-corrected chi connectivity index (χ0v) is 24.3. The maximum atomic E-state index is 13.9. The zero-order chi connectivity index (χ0) is 31.6. The lowest BCUT2D eigenvalue weighted by Crippen LogP contribution is -2.28. The highest BCUT2D eigenvalue weighted by atomic mass is 35.5. The highest BCUT2D eigenvalue weighted by Crippen LogP contribution is 2.27. The average molecular weight is 632 g/mol. The first kappa shape index (κ1) is 29.9. The summed E-state index contributed by atoms with van der Waals surface area (Å²) in [5.74, 6) is 0.329. The molecule has 1 atom stereocenters. The molecular formula is C28H22ClN9O5S. The van der Waals surface area contributed by atoms with Crippen molar-refractivity contribution in [2.24, 2.45) is 0 Å². The third-order valence-corrected chi connectivity index (χ3v) is 7.60. The Bertz CT molecular complexity index is 2150. The summed E-state index contributed by atoms with van der Waals surface area (Å²) in [4.78, 5) is 38.9. The zero-order valence-electron chi connectivity index (χ0n) is 22.7. The van der Waals surface area contributed by atoms with Gasteiger partial charge in [-0.15, -0.1) is 0 Å². The van der Waals surface area contributed by atoms with Crippen LogP contribution in [0, 0.1) is 11.3 Å². The Labute approximate surface area is 254 Å². The van der Waals surface area contributed by atoms with Crippen LogP contribution in [0.3, 0.4) is 0 Å². The molecule has 0 radical (unpaired) electrons. The minimum Gasteiger partial charge on any atom is -0.382 e. The molecule has 0 aliphatic rings. The monoisotopic (exact) mass is 631 g/mol. The lowest BCUT2D eigenvalue weighted by molar-refractivity contribution is 0.262. The molecule has 0 aliphatic heterocycles. The van der Waals surface area contributed by atoms with Gasteiger partial charge in [-0.1, -0.05) is 35.9 Å². The van der Waals surface area contributed by atoms with E-state index < -0.39 is 32.6 Å². The van der Waals surface area contributed by atoms with E-state index in [4.69, 9.17) is 22.3 Å². The van der Waals surface area contributed by atoms with Crippen LogP contribution >= 0.6 is 11.6 Å². The van der Waals surface area contributed by atoms with Crippen molar-refractivity contribution < 1.29 is 17.8 Å². The molecule has 0 saturated heterocycles. The first-order valence-corrected chi connectivity index (χ1v) is 14.5. The molecule has 0 spiro atoms. The van der Waals surface area contributed by atoms with Gasteiger partial charge in [-0.3, -0.25) is 13.9 Å². The van der Waals surface area contributed by atoms with Crippen molar-refractivity contribution in [2.45, 2.75) is 17.9 Å². The maximum absolute atomic E-state index is 13.9. The maximum Gasteiger partial charge on any atom is 0.323 e. The van der Waals surface area contributed by atoms with E-state index in [1.54, 1.807) is 43.3 Å². The fraction of sp³-hybridized carbons (Fsp3) is 0.0714. The number of fused-ring (bicyclic) bond motifs is 1. The summed E-state index contributed by atoms with van der Waals surface area (Å²) >= 11 is 6.40. The molecule has 44 heavy (non-hydrogen) atoms. The Morgan fingerprint density at radius 2 is 1.84 bits per heavy atom. The van der Waals surface area contributed by atoms with Gasteiger partial charge >= 0.3 is 6.03 Å². The number of nitrogens with zero attached hydrogens (tertiary/aromatic N) is 5. The van der Waals surface area contributed by atoms with Gasteiger partial charge in [0, 0.05) is 5.69 Å². The highest BCUT2D eigenvalue weighted by Gasteiger charge is 2.22. The molecule has 222 valence electrons. The summed E-state index contributed by atoms with van der Waals surface area (Å²) in [6, 6.07) is 16.9. The number of amides is 2.